The third-order valence-corrected chi connectivity index (χ3v) is 3.05. The first-order valence-corrected chi connectivity index (χ1v) is 5.51. The summed E-state index contributed by atoms with van der Waals surface area (Å²) in [5.41, 5.74) is 0. The number of hydrogen-bond acceptors (Lipinski definition) is 0. The van der Waals surface area contributed by atoms with Crippen molar-refractivity contribution in [2.75, 3.05) is 38.6 Å². The fourth-order valence-electron chi connectivity index (χ4n) is 1.89. The van der Waals surface area contributed by atoms with Crippen LogP contribution in [0.25, 0.3) is 0 Å². The molecule has 0 aromatic carbocycles. The van der Waals surface area contributed by atoms with Crippen LogP contribution in [0.15, 0.2) is 0 Å². The molecule has 2 nitrogen and oxygen atoms in total. The molecule has 0 aromatic heterocycles. The molecular weight excluding hydrogens is 172 g/mol. The first-order valence-electron chi connectivity index (χ1n) is 4.98. The monoisotopic (exact) mass is 192 g/mol. The quantitative estimate of drug-likeness (QED) is 0.500. The van der Waals surface area contributed by atoms with Gasteiger partial charge in [0, 0.05) is 0 Å². The van der Waals surface area contributed by atoms with E-state index in [4.69, 9.17) is 11.6 Å². The second kappa shape index (κ2) is 5.05. The molecule has 1 rings (SSSR count). The molecule has 0 bridgehead atoms. The highest BCUT2D eigenvalue weighted by Crippen LogP contribution is 1.71. The lowest BCUT2D eigenvalue weighted by Gasteiger charge is -2.31. The van der Waals surface area contributed by atoms with E-state index in [0.29, 0.717) is 0 Å². The number of quaternary nitrogens is 2. The zero-order chi connectivity index (χ0) is 8.97. The van der Waals surface area contributed by atoms with Crippen molar-refractivity contribution in [1.29, 1.82) is 0 Å². The summed E-state index contributed by atoms with van der Waals surface area (Å²) in [7, 11) is 0. The van der Waals surface area contributed by atoms with E-state index in [1.807, 2.05) is 0 Å². The number of hydrogen-bond donors (Lipinski definition) is 2. The minimum atomic E-state index is 0.794. The molecule has 1 fully saturated rings. The predicted molar refractivity (Wildman–Crippen MR) is 52.1 cm³/mol. The van der Waals surface area contributed by atoms with Gasteiger partial charge in [0.2, 0.25) is 0 Å². The van der Waals surface area contributed by atoms with Crippen LogP contribution in [-0.4, -0.2) is 44.6 Å². The number of nitrogens with one attached hydrogen (secondary N) is 2. The molecule has 0 amide bonds. The molecule has 0 aromatic rings. The van der Waals surface area contributed by atoms with Crippen molar-refractivity contribution in [3.8, 4) is 0 Å². The summed E-state index contributed by atoms with van der Waals surface area (Å²) < 4.78 is 0. The number of piperazine rings is 1. The topological polar surface area (TPSA) is 8.88 Å². The Morgan fingerprint density at radius 2 is 1.75 bits per heavy atom. The van der Waals surface area contributed by atoms with Crippen molar-refractivity contribution in [2.45, 2.75) is 19.9 Å². The molecule has 0 unspecified atom stereocenters. The van der Waals surface area contributed by atoms with Gasteiger partial charge in [0.05, 0.1) is 18.5 Å². The molecular formula is C9H21ClN2+2. The van der Waals surface area contributed by atoms with Crippen molar-refractivity contribution >= 4 is 11.6 Å². The van der Waals surface area contributed by atoms with Gasteiger partial charge in [-0.15, -0.1) is 11.6 Å². The highest BCUT2D eigenvalue weighted by Gasteiger charge is 2.23. The van der Waals surface area contributed by atoms with E-state index < -0.39 is 0 Å². The Hall–Kier alpha value is 0.210. The Labute approximate surface area is 80.5 Å². The van der Waals surface area contributed by atoms with Crippen LogP contribution in [0.3, 0.4) is 0 Å². The Morgan fingerprint density at radius 1 is 1.17 bits per heavy atom. The number of alkyl halides is 1. The largest absolute Gasteiger partial charge is 0.325 e. The fraction of sp³-hybridized carbons (Fsp3) is 1.00. The van der Waals surface area contributed by atoms with Gasteiger partial charge in [-0.1, -0.05) is 0 Å². The van der Waals surface area contributed by atoms with Crippen molar-refractivity contribution in [3.05, 3.63) is 0 Å². The van der Waals surface area contributed by atoms with Crippen molar-refractivity contribution in [3.63, 3.8) is 0 Å². The van der Waals surface area contributed by atoms with E-state index >= 15 is 0 Å². The first kappa shape index (κ1) is 10.3. The summed E-state index contributed by atoms with van der Waals surface area (Å²) in [6, 6.07) is 0.794. The molecule has 0 radical (unpaired) electrons. The molecule has 1 heterocycles. The summed E-state index contributed by atoms with van der Waals surface area (Å²) in [5.74, 6) is 0.812. The predicted octanol–water partition coefficient (Wildman–Crippen LogP) is -1.58. The van der Waals surface area contributed by atoms with E-state index in [1.165, 1.54) is 26.2 Å². The normalized spacial score (nSPS) is 31.0. The van der Waals surface area contributed by atoms with Crippen LogP contribution >= 0.6 is 11.6 Å². The molecule has 1 saturated heterocycles. The van der Waals surface area contributed by atoms with Gasteiger partial charge in [0.15, 0.2) is 0 Å². The second-order valence-corrected chi connectivity index (χ2v) is 4.38. The van der Waals surface area contributed by atoms with E-state index in [-0.39, 0.29) is 0 Å². The maximum atomic E-state index is 5.71. The SMILES string of the molecule is CC(C)[NH+]1CC[NH+](CCCl)CC1. The zero-order valence-electron chi connectivity index (χ0n) is 8.20. The van der Waals surface area contributed by atoms with Crippen LogP contribution in [-0.2, 0) is 0 Å². The molecule has 2 N–H and O–H groups in total. The number of halogens is 1. The average Bonchev–Trinajstić information content (AvgIpc) is 2.06. The van der Waals surface area contributed by atoms with Crippen LogP contribution < -0.4 is 9.80 Å². The molecule has 0 saturated carbocycles. The van der Waals surface area contributed by atoms with Gasteiger partial charge in [-0.3, -0.25) is 0 Å². The van der Waals surface area contributed by atoms with E-state index in [1.54, 1.807) is 9.80 Å². The minimum absolute atomic E-state index is 0.794. The van der Waals surface area contributed by atoms with Gasteiger partial charge < -0.3 is 9.80 Å². The van der Waals surface area contributed by atoms with Crippen molar-refractivity contribution < 1.29 is 9.80 Å². The lowest BCUT2D eigenvalue weighted by atomic mass is 10.2. The zero-order valence-corrected chi connectivity index (χ0v) is 8.95. The summed E-state index contributed by atoms with van der Waals surface area (Å²) in [5, 5.41) is 0. The van der Waals surface area contributed by atoms with E-state index in [0.717, 1.165) is 18.5 Å². The molecule has 0 spiro atoms. The lowest BCUT2D eigenvalue weighted by molar-refractivity contribution is -1.02. The maximum absolute atomic E-state index is 5.71. The third kappa shape index (κ3) is 2.92. The highest BCUT2D eigenvalue weighted by atomic mass is 35.5. The maximum Gasteiger partial charge on any atom is 0.127 e. The summed E-state index contributed by atoms with van der Waals surface area (Å²) in [4.78, 5) is 3.45. The summed E-state index contributed by atoms with van der Waals surface area (Å²) >= 11 is 5.71. The smallest absolute Gasteiger partial charge is 0.127 e. The van der Waals surface area contributed by atoms with Crippen LogP contribution in [0.5, 0.6) is 0 Å². The van der Waals surface area contributed by atoms with Crippen LogP contribution in [0.2, 0.25) is 0 Å². The van der Waals surface area contributed by atoms with Gasteiger partial charge in [-0.2, -0.15) is 0 Å². The molecule has 0 aliphatic carbocycles. The first-order chi connectivity index (χ1) is 5.74. The Bertz CT molecular complexity index is 120. The average molecular weight is 193 g/mol. The van der Waals surface area contributed by atoms with Crippen LogP contribution in [0, 0.1) is 0 Å². The van der Waals surface area contributed by atoms with Gasteiger partial charge in [-0.05, 0) is 13.8 Å². The van der Waals surface area contributed by atoms with Gasteiger partial charge in [-0.25, -0.2) is 0 Å². The van der Waals surface area contributed by atoms with Crippen LogP contribution in [0.4, 0.5) is 0 Å². The molecule has 72 valence electrons. The molecule has 0 atom stereocenters. The molecule has 1 aliphatic rings. The minimum Gasteiger partial charge on any atom is -0.325 e. The standard InChI is InChI=1S/C9H19ClN2/c1-9(2)12-7-5-11(4-3-10)6-8-12/h9H,3-8H2,1-2H3/p+2. The summed E-state index contributed by atoms with van der Waals surface area (Å²) in [6.07, 6.45) is 0. The van der Waals surface area contributed by atoms with E-state index in [2.05, 4.69) is 13.8 Å². The Morgan fingerprint density at radius 3 is 2.17 bits per heavy atom. The molecule has 3 heteroatoms. The highest BCUT2D eigenvalue weighted by molar-refractivity contribution is 6.17. The Balaban J connectivity index is 2.20. The lowest BCUT2D eigenvalue weighted by Crippen LogP contribution is -3.29. The van der Waals surface area contributed by atoms with Crippen LogP contribution in [0.1, 0.15) is 13.8 Å². The van der Waals surface area contributed by atoms with Gasteiger partial charge in [0.25, 0.3) is 0 Å². The van der Waals surface area contributed by atoms with E-state index in [9.17, 15) is 0 Å². The van der Waals surface area contributed by atoms with Crippen molar-refractivity contribution in [2.24, 2.45) is 0 Å². The molecule has 1 aliphatic heterocycles. The molecule has 12 heavy (non-hydrogen) atoms. The Kier molecular flexibility index (Phi) is 4.33. The van der Waals surface area contributed by atoms with Gasteiger partial charge in [0.1, 0.15) is 26.2 Å². The van der Waals surface area contributed by atoms with Crippen molar-refractivity contribution in [1.82, 2.24) is 0 Å². The third-order valence-electron chi connectivity index (χ3n) is 2.86. The number of rotatable bonds is 3. The summed E-state index contributed by atoms with van der Waals surface area (Å²) in [6.45, 7) is 11.0. The second-order valence-electron chi connectivity index (χ2n) is 4.00. The fourth-order valence-corrected chi connectivity index (χ4v) is 2.15. The van der Waals surface area contributed by atoms with Gasteiger partial charge >= 0.3 is 0 Å².